The number of nitrogens with zero attached hydrogens (tertiary/aromatic N) is 3. The second kappa shape index (κ2) is 8.89. The molecule has 0 bridgehead atoms. The van der Waals surface area contributed by atoms with Crippen molar-refractivity contribution in [2.75, 3.05) is 19.7 Å². The fraction of sp³-hybridized carbons (Fsp3) is 0.524. The minimum Gasteiger partial charge on any atom is -0.466 e. The number of rotatable bonds is 7. The van der Waals surface area contributed by atoms with Crippen LogP contribution in [0.3, 0.4) is 0 Å². The molecule has 1 atom stereocenters. The number of hydrogen-bond donors (Lipinski definition) is 0. The Labute approximate surface area is 166 Å². The zero-order valence-corrected chi connectivity index (χ0v) is 16.9. The third-order valence-electron chi connectivity index (χ3n) is 5.21. The third-order valence-corrected chi connectivity index (χ3v) is 5.45. The minimum atomic E-state index is -0.528. The van der Waals surface area contributed by atoms with Crippen LogP contribution in [-0.4, -0.2) is 40.3 Å². The number of aromatic nitrogens is 2. The van der Waals surface area contributed by atoms with Crippen molar-refractivity contribution in [3.63, 3.8) is 0 Å². The maximum absolute atomic E-state index is 13.0. The molecule has 6 heteroatoms. The van der Waals surface area contributed by atoms with Crippen LogP contribution in [0.2, 0.25) is 5.02 Å². The van der Waals surface area contributed by atoms with E-state index in [0.717, 1.165) is 38.0 Å². The second-order valence-electron chi connectivity index (χ2n) is 7.33. The first kappa shape index (κ1) is 19.9. The lowest BCUT2D eigenvalue weighted by molar-refractivity contribution is -0.159. The summed E-state index contributed by atoms with van der Waals surface area (Å²) in [4.78, 5) is 15.3. The zero-order valence-electron chi connectivity index (χ0n) is 16.2. The average molecular weight is 390 g/mol. The lowest BCUT2D eigenvalue weighted by Crippen LogP contribution is -2.49. The van der Waals surface area contributed by atoms with E-state index in [1.807, 2.05) is 42.1 Å². The van der Waals surface area contributed by atoms with E-state index in [4.69, 9.17) is 16.3 Å². The number of carbonyl (C=O) groups is 1. The Balaban J connectivity index is 1.79. The fourth-order valence-corrected chi connectivity index (χ4v) is 4.20. The van der Waals surface area contributed by atoms with Crippen LogP contribution in [-0.2, 0) is 29.0 Å². The number of benzene rings is 1. The summed E-state index contributed by atoms with van der Waals surface area (Å²) >= 11 is 6.16. The Hall–Kier alpha value is -1.85. The van der Waals surface area contributed by atoms with Crippen LogP contribution in [0.4, 0.5) is 0 Å². The predicted octanol–water partition coefficient (Wildman–Crippen LogP) is 3.94. The van der Waals surface area contributed by atoms with Gasteiger partial charge in [-0.1, -0.05) is 23.7 Å². The van der Waals surface area contributed by atoms with E-state index in [9.17, 15) is 4.79 Å². The minimum absolute atomic E-state index is 0.0982. The van der Waals surface area contributed by atoms with Gasteiger partial charge in [-0.3, -0.25) is 14.4 Å². The van der Waals surface area contributed by atoms with Gasteiger partial charge in [0, 0.05) is 36.4 Å². The number of esters is 1. The molecule has 1 aliphatic rings. The first-order chi connectivity index (χ1) is 13.0. The molecule has 1 aromatic heterocycles. The van der Waals surface area contributed by atoms with Crippen molar-refractivity contribution in [1.29, 1.82) is 0 Å². The molecule has 1 aliphatic heterocycles. The molecule has 0 saturated carbocycles. The van der Waals surface area contributed by atoms with Gasteiger partial charge in [-0.15, -0.1) is 0 Å². The van der Waals surface area contributed by atoms with E-state index in [0.29, 0.717) is 24.6 Å². The van der Waals surface area contributed by atoms with Gasteiger partial charge in [-0.05, 0) is 57.4 Å². The van der Waals surface area contributed by atoms with Gasteiger partial charge < -0.3 is 4.74 Å². The Morgan fingerprint density at radius 1 is 1.33 bits per heavy atom. The van der Waals surface area contributed by atoms with Gasteiger partial charge in [0.05, 0.1) is 18.2 Å². The number of hydrogen-bond acceptors (Lipinski definition) is 4. The Bertz CT molecular complexity index is 776. The number of ether oxygens (including phenoxy) is 1. The Morgan fingerprint density at radius 2 is 2.19 bits per heavy atom. The zero-order chi connectivity index (χ0) is 19.3. The second-order valence-corrected chi connectivity index (χ2v) is 7.76. The molecule has 0 spiro atoms. The highest BCUT2D eigenvalue weighted by atomic mass is 35.5. The van der Waals surface area contributed by atoms with Crippen LogP contribution in [0.15, 0.2) is 36.7 Å². The number of piperidine rings is 1. The molecule has 3 rings (SSSR count). The van der Waals surface area contributed by atoms with Gasteiger partial charge in [0.25, 0.3) is 0 Å². The van der Waals surface area contributed by atoms with E-state index in [1.54, 1.807) is 0 Å². The van der Waals surface area contributed by atoms with Gasteiger partial charge in [-0.2, -0.15) is 5.10 Å². The standard InChI is InChI=1S/C21H28ClN3O2/c1-3-25-15-18(13-23-25)14-24-10-6-9-21(16-24,20(26)27-4-2)12-17-7-5-8-19(22)11-17/h5,7-8,11,13,15H,3-4,6,9-10,12,14,16H2,1-2H3. The van der Waals surface area contributed by atoms with Crippen LogP contribution in [0, 0.1) is 5.41 Å². The van der Waals surface area contributed by atoms with E-state index >= 15 is 0 Å². The topological polar surface area (TPSA) is 47.4 Å². The normalized spacial score (nSPS) is 20.6. The van der Waals surface area contributed by atoms with Crippen LogP contribution in [0.25, 0.3) is 0 Å². The van der Waals surface area contributed by atoms with Gasteiger partial charge in [0.2, 0.25) is 0 Å². The molecule has 0 aliphatic carbocycles. The SMILES string of the molecule is CCOC(=O)C1(Cc2cccc(Cl)c2)CCCN(Cc2cnn(CC)c2)C1. The molecule has 0 radical (unpaired) electrons. The summed E-state index contributed by atoms with van der Waals surface area (Å²) in [6.45, 7) is 7.68. The summed E-state index contributed by atoms with van der Waals surface area (Å²) in [5, 5.41) is 5.06. The molecule has 1 fully saturated rings. The fourth-order valence-electron chi connectivity index (χ4n) is 3.99. The summed E-state index contributed by atoms with van der Waals surface area (Å²) in [6, 6.07) is 7.79. The molecule has 5 nitrogen and oxygen atoms in total. The summed E-state index contributed by atoms with van der Waals surface area (Å²) in [5.41, 5.74) is 1.73. The number of likely N-dealkylation sites (tertiary alicyclic amines) is 1. The first-order valence-corrected chi connectivity index (χ1v) is 10.1. The molecular formula is C21H28ClN3O2. The molecule has 2 aromatic rings. The van der Waals surface area contributed by atoms with Gasteiger partial charge in [0.15, 0.2) is 0 Å². The van der Waals surface area contributed by atoms with Crippen molar-refractivity contribution in [2.45, 2.75) is 46.2 Å². The smallest absolute Gasteiger partial charge is 0.313 e. The van der Waals surface area contributed by atoms with Crippen molar-refractivity contribution < 1.29 is 9.53 Å². The summed E-state index contributed by atoms with van der Waals surface area (Å²) in [6.07, 6.45) is 6.46. The van der Waals surface area contributed by atoms with Crippen molar-refractivity contribution in [1.82, 2.24) is 14.7 Å². The molecule has 146 valence electrons. The quantitative estimate of drug-likeness (QED) is 0.673. The van der Waals surface area contributed by atoms with Crippen molar-refractivity contribution in [3.05, 3.63) is 52.8 Å². The molecule has 0 amide bonds. The largest absolute Gasteiger partial charge is 0.466 e. The highest BCUT2D eigenvalue weighted by Crippen LogP contribution is 2.36. The van der Waals surface area contributed by atoms with E-state index in [-0.39, 0.29) is 5.97 Å². The molecule has 1 saturated heterocycles. The number of carbonyl (C=O) groups excluding carboxylic acids is 1. The highest BCUT2D eigenvalue weighted by molar-refractivity contribution is 6.30. The lowest BCUT2D eigenvalue weighted by atomic mass is 9.75. The van der Waals surface area contributed by atoms with Crippen LogP contribution < -0.4 is 0 Å². The molecule has 1 aromatic carbocycles. The molecule has 0 N–H and O–H groups in total. The highest BCUT2D eigenvalue weighted by Gasteiger charge is 2.43. The third kappa shape index (κ3) is 4.90. The molecule has 2 heterocycles. The maximum atomic E-state index is 13.0. The Morgan fingerprint density at radius 3 is 2.89 bits per heavy atom. The summed E-state index contributed by atoms with van der Waals surface area (Å²) < 4.78 is 7.43. The van der Waals surface area contributed by atoms with E-state index < -0.39 is 5.41 Å². The lowest BCUT2D eigenvalue weighted by Gasteiger charge is -2.41. The summed E-state index contributed by atoms with van der Waals surface area (Å²) in [7, 11) is 0. The molecular weight excluding hydrogens is 362 g/mol. The van der Waals surface area contributed by atoms with Gasteiger partial charge in [-0.25, -0.2) is 0 Å². The first-order valence-electron chi connectivity index (χ1n) is 9.70. The number of aryl methyl sites for hydroxylation is 1. The number of halogens is 1. The van der Waals surface area contributed by atoms with Crippen LogP contribution >= 0.6 is 11.6 Å². The van der Waals surface area contributed by atoms with Crippen LogP contribution in [0.5, 0.6) is 0 Å². The van der Waals surface area contributed by atoms with Gasteiger partial charge in [0.1, 0.15) is 0 Å². The van der Waals surface area contributed by atoms with Crippen molar-refractivity contribution >= 4 is 17.6 Å². The average Bonchev–Trinajstić information content (AvgIpc) is 3.10. The maximum Gasteiger partial charge on any atom is 0.313 e. The van der Waals surface area contributed by atoms with E-state index in [1.165, 1.54) is 5.56 Å². The molecule has 27 heavy (non-hydrogen) atoms. The van der Waals surface area contributed by atoms with Crippen LogP contribution in [0.1, 0.15) is 37.8 Å². The van der Waals surface area contributed by atoms with Gasteiger partial charge >= 0.3 is 5.97 Å². The van der Waals surface area contributed by atoms with E-state index in [2.05, 4.69) is 23.1 Å². The Kier molecular flexibility index (Phi) is 6.55. The molecule has 1 unspecified atom stereocenters. The monoisotopic (exact) mass is 389 g/mol. The van der Waals surface area contributed by atoms with Crippen molar-refractivity contribution in [3.8, 4) is 0 Å². The predicted molar refractivity (Wildman–Crippen MR) is 107 cm³/mol. The van der Waals surface area contributed by atoms with Crippen molar-refractivity contribution in [2.24, 2.45) is 5.41 Å². The summed E-state index contributed by atoms with van der Waals surface area (Å²) in [5.74, 6) is -0.0982.